The second-order valence-electron chi connectivity index (χ2n) is 3.46. The Bertz CT molecular complexity index is 539. The van der Waals surface area contributed by atoms with Crippen molar-refractivity contribution in [2.45, 2.75) is 4.90 Å². The zero-order valence-electron chi connectivity index (χ0n) is 10.5. The second kappa shape index (κ2) is 7.81. The lowest BCUT2D eigenvalue weighted by atomic mass is 10.4. The molecule has 1 aromatic rings. The number of nitriles is 1. The number of aromatic nitrogens is 1. The predicted molar refractivity (Wildman–Crippen MR) is 66.8 cm³/mol. The normalized spacial score (nSPS) is 11.2. The molecule has 0 spiro atoms. The Balaban J connectivity index is 2.55. The van der Waals surface area contributed by atoms with E-state index >= 15 is 0 Å². The van der Waals surface area contributed by atoms with Crippen LogP contribution in [0.25, 0.3) is 0 Å². The maximum absolute atomic E-state index is 11.9. The number of methoxy groups -OCH3 is 1. The zero-order chi connectivity index (χ0) is 14.1. The minimum atomic E-state index is -3.74. The van der Waals surface area contributed by atoms with Crippen LogP contribution in [-0.2, 0) is 19.5 Å². The van der Waals surface area contributed by atoms with Crippen molar-refractivity contribution >= 4 is 10.0 Å². The summed E-state index contributed by atoms with van der Waals surface area (Å²) in [6.07, 6.45) is 1.37. The number of sulfonamides is 1. The summed E-state index contributed by atoms with van der Waals surface area (Å²) in [7, 11) is -2.19. The smallest absolute Gasteiger partial charge is 0.243 e. The molecule has 0 aromatic carbocycles. The van der Waals surface area contributed by atoms with Crippen LogP contribution in [0, 0.1) is 11.3 Å². The Labute approximate surface area is 112 Å². The zero-order valence-corrected chi connectivity index (χ0v) is 11.3. The third-order valence-corrected chi connectivity index (χ3v) is 3.63. The first-order valence-electron chi connectivity index (χ1n) is 5.53. The van der Waals surface area contributed by atoms with Gasteiger partial charge in [-0.1, -0.05) is 0 Å². The van der Waals surface area contributed by atoms with Crippen molar-refractivity contribution in [2.24, 2.45) is 0 Å². The van der Waals surface area contributed by atoms with Crippen molar-refractivity contribution in [1.29, 1.82) is 5.26 Å². The van der Waals surface area contributed by atoms with Crippen LogP contribution in [0.2, 0.25) is 0 Å². The molecule has 0 unspecified atom stereocenters. The van der Waals surface area contributed by atoms with E-state index in [-0.39, 0.29) is 23.7 Å². The van der Waals surface area contributed by atoms with Crippen LogP contribution in [-0.4, -0.2) is 46.9 Å². The molecule has 0 amide bonds. The van der Waals surface area contributed by atoms with Gasteiger partial charge >= 0.3 is 0 Å². The van der Waals surface area contributed by atoms with Crippen molar-refractivity contribution < 1.29 is 17.9 Å². The topological polar surface area (TPSA) is 101 Å². The van der Waals surface area contributed by atoms with Crippen molar-refractivity contribution in [3.8, 4) is 6.07 Å². The lowest BCUT2D eigenvalue weighted by Crippen LogP contribution is -2.28. The van der Waals surface area contributed by atoms with Crippen molar-refractivity contribution in [2.75, 3.05) is 33.5 Å². The van der Waals surface area contributed by atoms with Crippen LogP contribution in [0.1, 0.15) is 5.69 Å². The second-order valence-corrected chi connectivity index (χ2v) is 5.20. The molecule has 7 nitrogen and oxygen atoms in total. The maximum Gasteiger partial charge on any atom is 0.243 e. The SMILES string of the molecule is COCCOCCNS(=O)(=O)c1cccnc1C#N. The van der Waals surface area contributed by atoms with Gasteiger partial charge in [-0.05, 0) is 12.1 Å². The van der Waals surface area contributed by atoms with Gasteiger partial charge in [-0.2, -0.15) is 5.26 Å². The largest absolute Gasteiger partial charge is 0.382 e. The standard InChI is InChI=1S/C11H15N3O4S/c1-17-7-8-18-6-5-14-19(15,16)11-3-2-4-13-10(11)9-12/h2-4,14H,5-8H2,1H3. The first-order chi connectivity index (χ1) is 9.11. The number of ether oxygens (including phenoxy) is 2. The molecule has 0 bridgehead atoms. The number of rotatable bonds is 8. The summed E-state index contributed by atoms with van der Waals surface area (Å²) in [5.41, 5.74) is -0.129. The highest BCUT2D eigenvalue weighted by Crippen LogP contribution is 2.11. The van der Waals surface area contributed by atoms with Gasteiger partial charge in [-0.25, -0.2) is 18.1 Å². The molecule has 0 atom stereocenters. The Kier molecular flexibility index (Phi) is 6.38. The summed E-state index contributed by atoms with van der Waals surface area (Å²) in [5, 5.41) is 8.81. The highest BCUT2D eigenvalue weighted by Gasteiger charge is 2.18. The number of nitrogens with zero attached hydrogens (tertiary/aromatic N) is 2. The average molecular weight is 285 g/mol. The summed E-state index contributed by atoms with van der Waals surface area (Å²) in [4.78, 5) is 3.57. The van der Waals surface area contributed by atoms with Gasteiger partial charge in [0.25, 0.3) is 0 Å². The third-order valence-electron chi connectivity index (χ3n) is 2.14. The Morgan fingerprint density at radius 3 is 2.89 bits per heavy atom. The summed E-state index contributed by atoms with van der Waals surface area (Å²) in [5.74, 6) is 0. The quantitative estimate of drug-likeness (QED) is 0.669. The van der Waals surface area contributed by atoms with E-state index in [4.69, 9.17) is 14.7 Å². The van der Waals surface area contributed by atoms with Crippen LogP contribution in [0.4, 0.5) is 0 Å². The molecule has 19 heavy (non-hydrogen) atoms. The van der Waals surface area contributed by atoms with Crippen molar-refractivity contribution in [3.63, 3.8) is 0 Å². The molecule has 0 radical (unpaired) electrons. The number of hydrogen-bond acceptors (Lipinski definition) is 6. The van der Waals surface area contributed by atoms with Crippen molar-refractivity contribution in [3.05, 3.63) is 24.0 Å². The Morgan fingerprint density at radius 1 is 1.42 bits per heavy atom. The maximum atomic E-state index is 11.9. The molecule has 0 aliphatic rings. The molecular weight excluding hydrogens is 270 g/mol. The molecule has 1 heterocycles. The Hall–Kier alpha value is -1.53. The van der Waals surface area contributed by atoms with E-state index in [1.807, 2.05) is 0 Å². The molecule has 1 rings (SSSR count). The van der Waals surface area contributed by atoms with Gasteiger partial charge in [0.05, 0.1) is 19.8 Å². The first-order valence-corrected chi connectivity index (χ1v) is 7.01. The van der Waals surface area contributed by atoms with E-state index < -0.39 is 10.0 Å². The number of pyridine rings is 1. The van der Waals surface area contributed by atoms with Gasteiger partial charge < -0.3 is 9.47 Å². The number of hydrogen-bond donors (Lipinski definition) is 1. The van der Waals surface area contributed by atoms with Crippen LogP contribution >= 0.6 is 0 Å². The summed E-state index contributed by atoms with van der Waals surface area (Å²) < 4.78 is 36.1. The fraction of sp³-hybridized carbons (Fsp3) is 0.455. The van der Waals surface area contributed by atoms with Crippen LogP contribution < -0.4 is 4.72 Å². The van der Waals surface area contributed by atoms with Gasteiger partial charge in [0.2, 0.25) is 10.0 Å². The summed E-state index contributed by atoms with van der Waals surface area (Å²) in [6.45, 7) is 1.19. The van der Waals surface area contributed by atoms with E-state index in [1.165, 1.54) is 18.3 Å². The third kappa shape index (κ3) is 4.92. The fourth-order valence-electron chi connectivity index (χ4n) is 1.26. The average Bonchev–Trinajstić information content (AvgIpc) is 2.42. The van der Waals surface area contributed by atoms with E-state index in [1.54, 1.807) is 13.2 Å². The predicted octanol–water partition coefficient (Wildman–Crippen LogP) is -0.105. The Morgan fingerprint density at radius 2 is 2.21 bits per heavy atom. The van der Waals surface area contributed by atoms with Crippen LogP contribution in [0.3, 0.4) is 0 Å². The summed E-state index contributed by atoms with van der Waals surface area (Å²) >= 11 is 0. The highest BCUT2D eigenvalue weighted by atomic mass is 32.2. The van der Waals surface area contributed by atoms with E-state index in [2.05, 4.69) is 9.71 Å². The van der Waals surface area contributed by atoms with Gasteiger partial charge in [0.15, 0.2) is 5.69 Å². The van der Waals surface area contributed by atoms with Gasteiger partial charge in [0.1, 0.15) is 11.0 Å². The lowest BCUT2D eigenvalue weighted by molar-refractivity contribution is 0.0736. The summed E-state index contributed by atoms with van der Waals surface area (Å²) in [6, 6.07) is 4.54. The molecule has 0 saturated carbocycles. The molecule has 0 fully saturated rings. The minimum Gasteiger partial charge on any atom is -0.382 e. The fourth-order valence-corrected chi connectivity index (χ4v) is 2.38. The molecule has 104 valence electrons. The lowest BCUT2D eigenvalue weighted by Gasteiger charge is -2.07. The van der Waals surface area contributed by atoms with E-state index in [9.17, 15) is 8.42 Å². The van der Waals surface area contributed by atoms with E-state index in [0.29, 0.717) is 13.2 Å². The molecular formula is C11H15N3O4S. The first kappa shape index (κ1) is 15.5. The highest BCUT2D eigenvalue weighted by molar-refractivity contribution is 7.89. The molecule has 0 aliphatic carbocycles. The molecule has 8 heteroatoms. The van der Waals surface area contributed by atoms with Gasteiger partial charge in [-0.15, -0.1) is 0 Å². The molecule has 0 aliphatic heterocycles. The molecule has 1 N–H and O–H groups in total. The van der Waals surface area contributed by atoms with E-state index in [0.717, 1.165) is 0 Å². The van der Waals surface area contributed by atoms with Crippen LogP contribution in [0.5, 0.6) is 0 Å². The van der Waals surface area contributed by atoms with Gasteiger partial charge in [0, 0.05) is 19.9 Å². The number of nitrogens with one attached hydrogen (secondary N) is 1. The minimum absolute atomic E-state index is 0.117. The molecule has 0 saturated heterocycles. The monoisotopic (exact) mass is 285 g/mol. The van der Waals surface area contributed by atoms with Crippen LogP contribution in [0.15, 0.2) is 23.2 Å². The van der Waals surface area contributed by atoms with Crippen molar-refractivity contribution in [1.82, 2.24) is 9.71 Å². The van der Waals surface area contributed by atoms with Gasteiger partial charge in [-0.3, -0.25) is 0 Å². The molecule has 1 aromatic heterocycles.